The first-order valence-corrected chi connectivity index (χ1v) is 9.17. The van der Waals surface area contributed by atoms with Gasteiger partial charge in [-0.3, -0.25) is 4.90 Å². The van der Waals surface area contributed by atoms with E-state index >= 15 is 0 Å². The third-order valence-corrected chi connectivity index (χ3v) is 4.89. The van der Waals surface area contributed by atoms with E-state index in [1.807, 2.05) is 30.3 Å². The molecule has 0 amide bonds. The molecule has 0 bridgehead atoms. The maximum Gasteiger partial charge on any atom is 0.205 e. The number of hydrogen-bond donors (Lipinski definition) is 1. The molecule has 0 aliphatic carbocycles. The fourth-order valence-corrected chi connectivity index (χ4v) is 3.50. The minimum atomic E-state index is -0.482. The summed E-state index contributed by atoms with van der Waals surface area (Å²) in [5.41, 5.74) is 0. The van der Waals surface area contributed by atoms with Gasteiger partial charge in [0.1, 0.15) is 24.3 Å². The van der Waals surface area contributed by atoms with Gasteiger partial charge in [0.05, 0.1) is 0 Å². The van der Waals surface area contributed by atoms with Gasteiger partial charge < -0.3 is 14.7 Å². The molecule has 0 spiro atoms. The Labute approximate surface area is 146 Å². The van der Waals surface area contributed by atoms with Crippen molar-refractivity contribution in [3.05, 3.63) is 36.2 Å². The van der Waals surface area contributed by atoms with E-state index < -0.39 is 6.10 Å². The van der Waals surface area contributed by atoms with Crippen LogP contribution in [0.1, 0.15) is 12.7 Å². The lowest BCUT2D eigenvalue weighted by Gasteiger charge is -2.35. The van der Waals surface area contributed by atoms with Crippen LogP contribution in [0.4, 0.5) is 5.13 Å². The van der Waals surface area contributed by atoms with Gasteiger partial charge in [-0.05, 0) is 12.1 Å². The smallest absolute Gasteiger partial charge is 0.205 e. The highest BCUT2D eigenvalue weighted by molar-refractivity contribution is 7.09. The number of piperazine rings is 1. The van der Waals surface area contributed by atoms with Crippen LogP contribution in [0.2, 0.25) is 0 Å². The summed E-state index contributed by atoms with van der Waals surface area (Å²) in [4.78, 5) is 9.10. The van der Waals surface area contributed by atoms with Gasteiger partial charge >= 0.3 is 0 Å². The van der Waals surface area contributed by atoms with E-state index in [2.05, 4.69) is 26.1 Å². The molecule has 1 aliphatic rings. The molecule has 1 saturated heterocycles. The van der Waals surface area contributed by atoms with Crippen LogP contribution >= 0.6 is 11.5 Å². The summed E-state index contributed by atoms with van der Waals surface area (Å²) in [7, 11) is 0. The second-order valence-electron chi connectivity index (χ2n) is 5.91. The van der Waals surface area contributed by atoms with E-state index in [9.17, 15) is 5.11 Å². The van der Waals surface area contributed by atoms with Crippen molar-refractivity contribution in [1.82, 2.24) is 14.3 Å². The molecular formula is C17H24N4O2S. The zero-order chi connectivity index (χ0) is 16.8. The number of ether oxygens (including phenoxy) is 1. The highest BCUT2D eigenvalue weighted by Gasteiger charge is 2.21. The molecular weight excluding hydrogens is 324 g/mol. The van der Waals surface area contributed by atoms with Gasteiger partial charge in [0.25, 0.3) is 0 Å². The summed E-state index contributed by atoms with van der Waals surface area (Å²) < 4.78 is 9.96. The molecule has 1 aromatic heterocycles. The SMILES string of the molecule is CCc1nsc(N2CCN(CC(O)COc3ccccc3)CC2)n1. The Morgan fingerprint density at radius 3 is 2.62 bits per heavy atom. The Morgan fingerprint density at radius 1 is 1.21 bits per heavy atom. The molecule has 24 heavy (non-hydrogen) atoms. The van der Waals surface area contributed by atoms with Crippen molar-refractivity contribution < 1.29 is 9.84 Å². The summed E-state index contributed by atoms with van der Waals surface area (Å²) in [5, 5.41) is 11.2. The third-order valence-electron chi connectivity index (χ3n) is 4.07. The van der Waals surface area contributed by atoms with Crippen LogP contribution in [0.5, 0.6) is 5.75 Å². The van der Waals surface area contributed by atoms with Crippen molar-refractivity contribution in [2.45, 2.75) is 19.4 Å². The first-order chi connectivity index (χ1) is 11.7. The number of aromatic nitrogens is 2. The number of hydrogen-bond acceptors (Lipinski definition) is 7. The number of nitrogens with zero attached hydrogens (tertiary/aromatic N) is 4. The van der Waals surface area contributed by atoms with E-state index in [1.54, 1.807) is 0 Å². The summed E-state index contributed by atoms with van der Waals surface area (Å²) in [5.74, 6) is 1.72. The molecule has 3 rings (SSSR count). The molecule has 1 unspecified atom stereocenters. The lowest BCUT2D eigenvalue weighted by atomic mass is 10.2. The van der Waals surface area contributed by atoms with Crippen LogP contribution in [0.25, 0.3) is 0 Å². The number of β-amino-alcohol motifs (C(OH)–C–C–N with tert-alkyl or cyclic N) is 1. The maximum absolute atomic E-state index is 10.2. The molecule has 1 atom stereocenters. The van der Waals surface area contributed by atoms with Crippen molar-refractivity contribution in [3.8, 4) is 5.75 Å². The molecule has 1 aromatic carbocycles. The number of aliphatic hydroxyl groups excluding tert-OH is 1. The number of para-hydroxylation sites is 1. The predicted octanol–water partition coefficient (Wildman–Crippen LogP) is 1.66. The Balaban J connectivity index is 1.40. The van der Waals surface area contributed by atoms with E-state index in [-0.39, 0.29) is 0 Å². The molecule has 2 aromatic rings. The van der Waals surface area contributed by atoms with Crippen molar-refractivity contribution in [2.24, 2.45) is 0 Å². The molecule has 1 aliphatic heterocycles. The van der Waals surface area contributed by atoms with E-state index in [0.29, 0.717) is 13.2 Å². The lowest BCUT2D eigenvalue weighted by molar-refractivity contribution is 0.0663. The van der Waals surface area contributed by atoms with Gasteiger partial charge in [0, 0.05) is 50.7 Å². The van der Waals surface area contributed by atoms with Crippen molar-refractivity contribution >= 4 is 16.7 Å². The average molecular weight is 348 g/mol. The molecule has 7 heteroatoms. The van der Waals surface area contributed by atoms with Gasteiger partial charge in [0.2, 0.25) is 5.13 Å². The molecule has 130 valence electrons. The fourth-order valence-electron chi connectivity index (χ4n) is 2.70. The van der Waals surface area contributed by atoms with Gasteiger partial charge in [-0.25, -0.2) is 4.98 Å². The highest BCUT2D eigenvalue weighted by Crippen LogP contribution is 2.19. The van der Waals surface area contributed by atoms with Crippen molar-refractivity contribution in [2.75, 3.05) is 44.2 Å². The van der Waals surface area contributed by atoms with Crippen LogP contribution in [0.3, 0.4) is 0 Å². The largest absolute Gasteiger partial charge is 0.491 e. The molecule has 1 fully saturated rings. The summed E-state index contributed by atoms with van der Waals surface area (Å²) in [6, 6.07) is 9.61. The Hall–Kier alpha value is -1.70. The van der Waals surface area contributed by atoms with E-state index in [0.717, 1.165) is 49.3 Å². The molecule has 0 radical (unpaired) electrons. The topological polar surface area (TPSA) is 61.7 Å². The van der Waals surface area contributed by atoms with Crippen LogP contribution in [0.15, 0.2) is 30.3 Å². The first-order valence-electron chi connectivity index (χ1n) is 8.40. The zero-order valence-electron chi connectivity index (χ0n) is 14.0. The lowest BCUT2D eigenvalue weighted by Crippen LogP contribution is -2.49. The number of rotatable bonds is 7. The minimum Gasteiger partial charge on any atom is -0.491 e. The standard InChI is InChI=1S/C17H24N4O2S/c1-2-16-18-17(24-19-16)21-10-8-20(9-11-21)12-14(22)13-23-15-6-4-3-5-7-15/h3-7,14,22H,2,8-13H2,1H3. The predicted molar refractivity (Wildman–Crippen MR) is 95.9 cm³/mol. The maximum atomic E-state index is 10.2. The Morgan fingerprint density at radius 2 is 1.96 bits per heavy atom. The van der Waals surface area contributed by atoms with Crippen molar-refractivity contribution in [1.29, 1.82) is 0 Å². The molecule has 0 saturated carbocycles. The molecule has 6 nitrogen and oxygen atoms in total. The summed E-state index contributed by atoms with van der Waals surface area (Å²) in [6.07, 6.45) is 0.398. The van der Waals surface area contributed by atoms with Crippen LogP contribution in [0, 0.1) is 0 Å². The van der Waals surface area contributed by atoms with Gasteiger partial charge in [-0.15, -0.1) is 0 Å². The van der Waals surface area contributed by atoms with E-state index in [4.69, 9.17) is 4.74 Å². The van der Waals surface area contributed by atoms with Crippen molar-refractivity contribution in [3.63, 3.8) is 0 Å². The summed E-state index contributed by atoms with van der Waals surface area (Å²) >= 11 is 1.48. The molecule has 1 N–H and O–H groups in total. The van der Waals surface area contributed by atoms with Crippen LogP contribution < -0.4 is 9.64 Å². The van der Waals surface area contributed by atoms with Crippen LogP contribution in [-0.4, -0.2) is 64.8 Å². The normalized spacial score (nSPS) is 17.0. The van der Waals surface area contributed by atoms with Gasteiger partial charge in [-0.2, -0.15) is 4.37 Å². The zero-order valence-corrected chi connectivity index (χ0v) is 14.8. The van der Waals surface area contributed by atoms with E-state index in [1.165, 1.54) is 11.5 Å². The minimum absolute atomic E-state index is 0.320. The Bertz CT molecular complexity index is 614. The third kappa shape index (κ3) is 4.66. The second kappa shape index (κ2) is 8.41. The fraction of sp³-hybridized carbons (Fsp3) is 0.529. The highest BCUT2D eigenvalue weighted by atomic mass is 32.1. The number of anilines is 1. The quantitative estimate of drug-likeness (QED) is 0.821. The second-order valence-corrected chi connectivity index (χ2v) is 6.64. The van der Waals surface area contributed by atoms with Gasteiger partial charge in [0.15, 0.2) is 0 Å². The Kier molecular flexibility index (Phi) is 6.01. The summed E-state index contributed by atoms with van der Waals surface area (Å²) in [6.45, 7) is 6.71. The number of aliphatic hydroxyl groups is 1. The number of benzene rings is 1. The first kappa shape index (κ1) is 17.1. The molecule has 2 heterocycles. The van der Waals surface area contributed by atoms with Crippen LogP contribution in [-0.2, 0) is 6.42 Å². The number of aryl methyl sites for hydroxylation is 1. The monoisotopic (exact) mass is 348 g/mol. The van der Waals surface area contributed by atoms with Gasteiger partial charge in [-0.1, -0.05) is 25.1 Å². The average Bonchev–Trinajstić information content (AvgIpc) is 3.11.